The van der Waals surface area contributed by atoms with Gasteiger partial charge in [-0.05, 0) is 49.1 Å². The summed E-state index contributed by atoms with van der Waals surface area (Å²) < 4.78 is 0. The van der Waals surface area contributed by atoms with Gasteiger partial charge in [0.1, 0.15) is 18.2 Å². The lowest BCUT2D eigenvalue weighted by molar-refractivity contribution is 0.499. The normalized spacial score (nSPS) is 18.8. The van der Waals surface area contributed by atoms with Gasteiger partial charge in [-0.3, -0.25) is 4.90 Å². The van der Waals surface area contributed by atoms with Crippen LogP contribution < -0.4 is 9.80 Å². The van der Waals surface area contributed by atoms with Crippen LogP contribution in [0.4, 0.5) is 22.9 Å². The molecule has 0 N–H and O–H groups in total. The van der Waals surface area contributed by atoms with Gasteiger partial charge in [-0.15, -0.1) is 0 Å². The summed E-state index contributed by atoms with van der Waals surface area (Å²) in [5.74, 6) is 0.966. The highest BCUT2D eigenvalue weighted by Gasteiger charge is 2.43. The van der Waals surface area contributed by atoms with Crippen LogP contribution in [0.25, 0.3) is 0 Å². The molecule has 1 aromatic heterocycles. The van der Waals surface area contributed by atoms with Crippen LogP contribution in [0.1, 0.15) is 37.8 Å². The summed E-state index contributed by atoms with van der Waals surface area (Å²) >= 11 is 0. The van der Waals surface area contributed by atoms with Gasteiger partial charge in [-0.2, -0.15) is 0 Å². The van der Waals surface area contributed by atoms with Crippen LogP contribution >= 0.6 is 0 Å². The lowest BCUT2D eigenvalue weighted by atomic mass is 9.75. The predicted molar refractivity (Wildman–Crippen MR) is 119 cm³/mol. The molecule has 0 radical (unpaired) electrons. The predicted octanol–water partition coefficient (Wildman–Crippen LogP) is 6.03. The van der Waals surface area contributed by atoms with Crippen molar-refractivity contribution in [1.82, 2.24) is 9.97 Å². The van der Waals surface area contributed by atoms with Crippen LogP contribution in [-0.4, -0.2) is 16.1 Å². The Bertz CT molecular complexity index is 1080. The van der Waals surface area contributed by atoms with E-state index in [0.717, 1.165) is 24.3 Å². The van der Waals surface area contributed by atoms with E-state index < -0.39 is 0 Å². The molecular weight excluding hydrogens is 356 g/mol. The molecule has 2 aliphatic rings. The summed E-state index contributed by atoms with van der Waals surface area (Å²) in [5, 5.41) is 0. The van der Waals surface area contributed by atoms with Crippen LogP contribution in [0.3, 0.4) is 0 Å². The largest absolute Gasteiger partial charge is 0.312 e. The topological polar surface area (TPSA) is 32.3 Å². The molecular formula is C25H26N4. The van der Waals surface area contributed by atoms with Crippen molar-refractivity contribution >= 4 is 22.9 Å². The van der Waals surface area contributed by atoms with Crippen molar-refractivity contribution in [2.75, 3.05) is 9.80 Å². The van der Waals surface area contributed by atoms with Gasteiger partial charge in [-0.25, -0.2) is 9.97 Å². The minimum Gasteiger partial charge on any atom is -0.312 e. The molecule has 0 amide bonds. The van der Waals surface area contributed by atoms with E-state index >= 15 is 0 Å². The monoisotopic (exact) mass is 382 g/mol. The van der Waals surface area contributed by atoms with Gasteiger partial charge in [0.15, 0.2) is 5.82 Å². The number of para-hydroxylation sites is 2. The van der Waals surface area contributed by atoms with Crippen LogP contribution in [0, 0.1) is 6.92 Å². The molecule has 0 saturated heterocycles. The first-order chi connectivity index (χ1) is 14.2. The molecule has 0 aliphatic carbocycles. The lowest BCUT2D eigenvalue weighted by Crippen LogP contribution is -2.36. The quantitative estimate of drug-likeness (QED) is 0.518. The van der Waals surface area contributed by atoms with Crippen molar-refractivity contribution in [2.24, 2.45) is 0 Å². The standard InChI is InChI=1S/C25H26N4/c1-4-25(5-2)15-14-23-28(20-12-8-6-10-18(20)3)22-16-26-17-27-24(22)29(23)21-13-9-7-11-19(21)25/h6-17,23H,4-5H2,1-3H3. The van der Waals surface area contributed by atoms with Gasteiger partial charge in [0.25, 0.3) is 0 Å². The average molecular weight is 383 g/mol. The number of rotatable bonds is 3. The van der Waals surface area contributed by atoms with E-state index in [2.05, 4.69) is 96.2 Å². The van der Waals surface area contributed by atoms with Gasteiger partial charge in [-0.1, -0.05) is 56.3 Å². The number of hydrogen-bond donors (Lipinski definition) is 0. The Hall–Kier alpha value is -3.14. The third kappa shape index (κ3) is 2.52. The number of benzene rings is 2. The Morgan fingerprint density at radius 2 is 1.62 bits per heavy atom. The number of anilines is 4. The Balaban J connectivity index is 1.80. The van der Waals surface area contributed by atoms with Gasteiger partial charge >= 0.3 is 0 Å². The lowest BCUT2D eigenvalue weighted by Gasteiger charge is -2.32. The second kappa shape index (κ2) is 6.73. The minimum atomic E-state index is 0.0314. The van der Waals surface area contributed by atoms with E-state index in [1.165, 1.54) is 22.5 Å². The number of nitrogens with zero attached hydrogens (tertiary/aromatic N) is 4. The first-order valence-electron chi connectivity index (χ1n) is 10.4. The third-order valence-corrected chi connectivity index (χ3v) is 6.61. The van der Waals surface area contributed by atoms with E-state index in [0.29, 0.717) is 0 Å². The van der Waals surface area contributed by atoms with E-state index in [9.17, 15) is 0 Å². The molecule has 0 saturated carbocycles. The molecule has 5 rings (SSSR count). The minimum absolute atomic E-state index is 0.0314. The average Bonchev–Trinajstić information content (AvgIpc) is 3.01. The summed E-state index contributed by atoms with van der Waals surface area (Å²) in [6.45, 7) is 6.74. The highest BCUT2D eigenvalue weighted by molar-refractivity contribution is 5.88. The molecule has 3 aromatic rings. The first-order valence-corrected chi connectivity index (χ1v) is 10.4. The molecule has 1 atom stereocenters. The molecule has 146 valence electrons. The molecule has 0 spiro atoms. The van der Waals surface area contributed by atoms with Crippen molar-refractivity contribution in [3.8, 4) is 0 Å². The number of allylic oxidation sites excluding steroid dienone is 1. The molecule has 3 heterocycles. The summed E-state index contributed by atoms with van der Waals surface area (Å²) in [6.07, 6.45) is 10.6. The zero-order valence-electron chi connectivity index (χ0n) is 17.2. The second-order valence-corrected chi connectivity index (χ2v) is 7.91. The summed E-state index contributed by atoms with van der Waals surface area (Å²) in [7, 11) is 0. The van der Waals surface area contributed by atoms with Gasteiger partial charge in [0.05, 0.1) is 6.20 Å². The number of aromatic nitrogens is 2. The fourth-order valence-electron chi connectivity index (χ4n) is 4.92. The van der Waals surface area contributed by atoms with Crippen molar-refractivity contribution < 1.29 is 0 Å². The second-order valence-electron chi connectivity index (χ2n) is 7.91. The molecule has 29 heavy (non-hydrogen) atoms. The van der Waals surface area contributed by atoms with Gasteiger partial charge in [0.2, 0.25) is 0 Å². The highest BCUT2D eigenvalue weighted by atomic mass is 15.4. The summed E-state index contributed by atoms with van der Waals surface area (Å²) in [4.78, 5) is 13.8. The summed E-state index contributed by atoms with van der Waals surface area (Å²) in [5.41, 5.74) is 6.13. The Kier molecular flexibility index (Phi) is 4.16. The highest BCUT2D eigenvalue weighted by Crippen LogP contribution is 2.52. The maximum atomic E-state index is 4.73. The van der Waals surface area contributed by atoms with Gasteiger partial charge in [0, 0.05) is 16.8 Å². The van der Waals surface area contributed by atoms with Crippen molar-refractivity contribution in [3.05, 3.63) is 84.3 Å². The zero-order valence-corrected chi connectivity index (χ0v) is 17.2. The Labute approximate surface area is 172 Å². The van der Waals surface area contributed by atoms with E-state index in [1.54, 1.807) is 6.33 Å². The molecule has 2 aliphatic heterocycles. The zero-order chi connectivity index (χ0) is 20.0. The fraction of sp³-hybridized carbons (Fsp3) is 0.280. The maximum absolute atomic E-state index is 4.73. The molecule has 4 heteroatoms. The van der Waals surface area contributed by atoms with Crippen LogP contribution in [0.15, 0.2) is 73.2 Å². The van der Waals surface area contributed by atoms with Crippen LogP contribution in [-0.2, 0) is 5.41 Å². The van der Waals surface area contributed by atoms with Gasteiger partial charge < -0.3 is 4.90 Å². The van der Waals surface area contributed by atoms with Crippen molar-refractivity contribution in [1.29, 1.82) is 0 Å². The van der Waals surface area contributed by atoms with E-state index in [-0.39, 0.29) is 11.6 Å². The Morgan fingerprint density at radius 3 is 2.38 bits per heavy atom. The molecule has 2 aromatic carbocycles. The SMILES string of the molecule is CCC1(CC)C=CC2N(c3ccccc3C)c3cncnc3N2c2ccccc21. The van der Waals surface area contributed by atoms with Crippen molar-refractivity contribution in [2.45, 2.75) is 45.2 Å². The number of fused-ring (bicyclic) bond motifs is 5. The number of hydrogen-bond acceptors (Lipinski definition) is 4. The molecule has 0 fully saturated rings. The molecule has 1 unspecified atom stereocenters. The van der Waals surface area contributed by atoms with Crippen LogP contribution in [0.2, 0.25) is 0 Å². The fourth-order valence-corrected chi connectivity index (χ4v) is 4.92. The molecule has 0 bridgehead atoms. The molecule has 4 nitrogen and oxygen atoms in total. The Morgan fingerprint density at radius 1 is 0.897 bits per heavy atom. The number of aryl methyl sites for hydroxylation is 1. The smallest absolute Gasteiger partial charge is 0.162 e. The maximum Gasteiger partial charge on any atom is 0.162 e. The first kappa shape index (κ1) is 17.9. The van der Waals surface area contributed by atoms with Crippen LogP contribution in [0.5, 0.6) is 0 Å². The van der Waals surface area contributed by atoms with E-state index in [1.807, 2.05) is 6.20 Å². The van der Waals surface area contributed by atoms with Crippen molar-refractivity contribution in [3.63, 3.8) is 0 Å². The third-order valence-electron chi connectivity index (χ3n) is 6.61. The van der Waals surface area contributed by atoms with E-state index in [4.69, 9.17) is 4.98 Å². The summed E-state index contributed by atoms with van der Waals surface area (Å²) in [6, 6.07) is 17.4.